The fourth-order valence-electron chi connectivity index (χ4n) is 12.7. The molecule has 0 saturated carbocycles. The average Bonchev–Trinajstić information content (AvgIpc) is 0.811. The second kappa shape index (κ2) is 36.4. The standard InChI is InChI=1S/C16H10F3NO3S.C15H12BNO2.C15H10BrN.C15H10ClN.C15H10FN.C15H10IN/c17-16(18,19)24(21,22)23-14-7-5-11-6-8-15-12(2-1-9-20-15)3-4-13(11)10-14;18-16(19)14-7-5-11-6-8-15-12(2-1-9-17-15)3-4-13(11)10-14;4*16-14-7-5-11-6-8-15-12(2-1-9-17-15)3-4-13(11)10-14/h1-2,5,7,9-10H,3-4H2;1-2,5,7,9-10,18-19H,3-4H2;4*1-2,5,7,9-10H,3-4H2. The summed E-state index contributed by atoms with van der Waals surface area (Å²) >= 11 is 11.9. The number of aromatic nitrogens is 6. The molecule has 0 amide bonds. The van der Waals surface area contributed by atoms with Gasteiger partial charge in [0.25, 0.3) is 0 Å². The number of fused-ring (bicyclic) bond motifs is 12. The molecule has 0 fully saturated rings. The van der Waals surface area contributed by atoms with Gasteiger partial charge in [0.05, 0.1) is 0 Å². The van der Waals surface area contributed by atoms with Gasteiger partial charge in [0.1, 0.15) is 45.7 Å². The normalized spacial score (nSPS) is 12.7. The first-order chi connectivity index (χ1) is 53.8. The molecule has 12 aromatic rings. The maximum atomic E-state index is 13.2. The molecule has 18 rings (SSSR count). The van der Waals surface area contributed by atoms with Gasteiger partial charge in [-0.05, 0) is 341 Å². The van der Waals surface area contributed by atoms with E-state index < -0.39 is 22.7 Å². The fraction of sp³-hybridized carbons (Fsp3) is 0.143. The largest absolute Gasteiger partial charge is 0.534 e. The van der Waals surface area contributed by atoms with Crippen molar-refractivity contribution in [1.29, 1.82) is 0 Å². The Hall–Kier alpha value is -11.5. The van der Waals surface area contributed by atoms with Gasteiger partial charge in [0.15, 0.2) is 0 Å². The summed E-state index contributed by atoms with van der Waals surface area (Å²) in [6.07, 6.45) is 20.9. The number of pyridine rings is 6. The summed E-state index contributed by atoms with van der Waals surface area (Å²) < 4.78 is 79.1. The van der Waals surface area contributed by atoms with E-state index in [-0.39, 0.29) is 11.6 Å². The van der Waals surface area contributed by atoms with Crippen molar-refractivity contribution in [2.24, 2.45) is 0 Å². The summed E-state index contributed by atoms with van der Waals surface area (Å²) in [6.45, 7) is 0. The lowest BCUT2D eigenvalue weighted by atomic mass is 9.78. The lowest BCUT2D eigenvalue weighted by Crippen LogP contribution is -2.30. The molecule has 111 heavy (non-hydrogen) atoms. The number of alkyl halides is 3. The minimum Gasteiger partial charge on any atom is -0.423 e. The van der Waals surface area contributed by atoms with Crippen LogP contribution in [0.25, 0.3) is 0 Å². The third kappa shape index (κ3) is 20.7. The molecule has 544 valence electrons. The molecular formula is C91H62BBrClF4IN6O5S. The van der Waals surface area contributed by atoms with Crippen molar-refractivity contribution in [3.63, 3.8) is 0 Å². The average molecular weight is 1680 g/mol. The van der Waals surface area contributed by atoms with E-state index in [1.54, 1.807) is 55.2 Å². The zero-order valence-corrected chi connectivity index (χ0v) is 64.5. The number of hydrogen-bond acceptors (Lipinski definition) is 11. The third-order valence-corrected chi connectivity index (χ3v) is 20.9. The monoisotopic (exact) mass is 1680 g/mol. The first kappa shape index (κ1) is 77.7. The molecule has 6 aromatic heterocycles. The molecule has 0 atom stereocenters. The third-order valence-electron chi connectivity index (χ3n) is 18.5. The molecule has 6 aliphatic carbocycles. The van der Waals surface area contributed by atoms with Crippen LogP contribution in [0.2, 0.25) is 5.02 Å². The Morgan fingerprint density at radius 3 is 1.07 bits per heavy atom. The van der Waals surface area contributed by atoms with Gasteiger partial charge in [-0.1, -0.05) is 112 Å². The molecule has 0 aliphatic heterocycles. The zero-order chi connectivity index (χ0) is 77.3. The Bertz CT molecular complexity index is 5650. The van der Waals surface area contributed by atoms with Gasteiger partial charge >= 0.3 is 22.7 Å². The predicted molar refractivity (Wildman–Crippen MR) is 435 cm³/mol. The topological polar surface area (TPSA) is 161 Å². The van der Waals surface area contributed by atoms with Gasteiger partial charge < -0.3 is 14.2 Å². The van der Waals surface area contributed by atoms with Crippen LogP contribution in [0.15, 0.2) is 224 Å². The molecule has 0 unspecified atom stereocenters. The van der Waals surface area contributed by atoms with Crippen molar-refractivity contribution in [2.45, 2.75) is 82.6 Å². The van der Waals surface area contributed by atoms with Crippen LogP contribution in [0.5, 0.6) is 5.75 Å². The molecule has 2 N–H and O–H groups in total. The summed E-state index contributed by atoms with van der Waals surface area (Å²) in [5, 5.41) is 19.2. The number of aryl methyl sites for hydroxylation is 12. The van der Waals surface area contributed by atoms with Gasteiger partial charge in [-0.15, -0.1) is 0 Å². The minimum absolute atomic E-state index is 0.197. The van der Waals surface area contributed by atoms with Crippen molar-refractivity contribution < 1.29 is 40.2 Å². The Balaban J connectivity index is 0.000000117. The van der Waals surface area contributed by atoms with E-state index in [0.29, 0.717) is 35.1 Å². The summed E-state index contributed by atoms with van der Waals surface area (Å²) in [6, 6.07) is 56.3. The highest BCUT2D eigenvalue weighted by Gasteiger charge is 2.48. The van der Waals surface area contributed by atoms with Gasteiger partial charge in [0, 0.05) is 83.6 Å². The summed E-state index contributed by atoms with van der Waals surface area (Å²) in [5.74, 6) is 36.7. The quantitative estimate of drug-likeness (QED) is 0.0433. The van der Waals surface area contributed by atoms with Crippen LogP contribution >= 0.6 is 50.1 Å². The first-order valence-corrected chi connectivity index (χ1v) is 39.0. The minimum atomic E-state index is -5.69. The first-order valence-electron chi connectivity index (χ1n) is 35.3. The van der Waals surface area contributed by atoms with E-state index in [1.807, 2.05) is 91.1 Å². The Morgan fingerprint density at radius 1 is 0.378 bits per heavy atom. The van der Waals surface area contributed by atoms with Crippen LogP contribution < -0.4 is 9.65 Å². The molecule has 20 heteroatoms. The van der Waals surface area contributed by atoms with Crippen molar-refractivity contribution >= 4 is 72.8 Å². The molecule has 0 radical (unpaired) electrons. The number of benzene rings is 6. The number of hydrogen-bond donors (Lipinski definition) is 2. The molecule has 6 aliphatic rings. The smallest absolute Gasteiger partial charge is 0.423 e. The molecule has 0 saturated heterocycles. The van der Waals surface area contributed by atoms with Crippen LogP contribution in [0, 0.1) is 80.4 Å². The van der Waals surface area contributed by atoms with Gasteiger partial charge in [-0.3, -0.25) is 0 Å². The summed E-state index contributed by atoms with van der Waals surface area (Å²) in [7, 11) is -7.12. The molecule has 0 bridgehead atoms. The molecule has 6 heterocycles. The van der Waals surface area contributed by atoms with E-state index in [0.717, 1.165) is 164 Å². The SMILES string of the molecule is Brc1ccc2c(c1)CCc1cccnc1C#C2.Clc1ccc2c(c1)CCc1cccnc1C#C2.Fc1ccc2c(c1)CCc1cccnc1C#C2.Ic1ccc2c(c1)CCc1cccnc1C#C2.O=S(=O)(Oc1ccc2c(c1)CCc1cccnc1C#C2)C(F)(F)F.OB(O)c1ccc2c(c1)CCc1cccnc1C#C2. The van der Waals surface area contributed by atoms with Crippen LogP contribution in [0.4, 0.5) is 17.6 Å². The van der Waals surface area contributed by atoms with Crippen LogP contribution in [-0.4, -0.2) is 61.0 Å². The second-order valence-electron chi connectivity index (χ2n) is 25.9. The van der Waals surface area contributed by atoms with Crippen molar-refractivity contribution in [2.75, 3.05) is 0 Å². The van der Waals surface area contributed by atoms with Gasteiger partial charge in [-0.2, -0.15) is 21.6 Å². The summed E-state index contributed by atoms with van der Waals surface area (Å²) in [4.78, 5) is 25.7. The van der Waals surface area contributed by atoms with Crippen molar-refractivity contribution in [3.8, 4) is 76.8 Å². The van der Waals surface area contributed by atoms with E-state index in [1.165, 1.54) is 55.1 Å². The molecule has 11 nitrogen and oxygen atoms in total. The van der Waals surface area contributed by atoms with Crippen LogP contribution in [0.3, 0.4) is 0 Å². The van der Waals surface area contributed by atoms with Gasteiger partial charge in [-0.25, -0.2) is 34.3 Å². The Kier molecular flexibility index (Phi) is 25.5. The number of halogens is 7. The summed E-state index contributed by atoms with van der Waals surface area (Å²) in [5.41, 5.74) is 19.3. The van der Waals surface area contributed by atoms with Crippen LogP contribution in [-0.2, 0) is 87.2 Å². The van der Waals surface area contributed by atoms with Gasteiger partial charge in [0.2, 0.25) is 0 Å². The number of nitrogens with zero attached hydrogens (tertiary/aromatic N) is 6. The van der Waals surface area contributed by atoms with E-state index in [9.17, 15) is 36.0 Å². The molecule has 0 spiro atoms. The van der Waals surface area contributed by atoms with Crippen molar-refractivity contribution in [3.05, 3.63) is 372 Å². The lowest BCUT2D eigenvalue weighted by Gasteiger charge is -2.13. The van der Waals surface area contributed by atoms with Crippen molar-refractivity contribution in [1.82, 2.24) is 29.9 Å². The van der Waals surface area contributed by atoms with E-state index in [4.69, 9.17) is 11.6 Å². The van der Waals surface area contributed by atoms with Crippen LogP contribution in [0.1, 0.15) is 134 Å². The number of rotatable bonds is 3. The Morgan fingerprint density at radius 2 is 0.685 bits per heavy atom. The van der Waals surface area contributed by atoms with E-state index >= 15 is 0 Å². The fourth-order valence-corrected chi connectivity index (χ4v) is 14.3. The predicted octanol–water partition coefficient (Wildman–Crippen LogP) is 15.5. The zero-order valence-electron chi connectivity index (χ0n) is 59.2. The maximum absolute atomic E-state index is 13.2. The lowest BCUT2D eigenvalue weighted by molar-refractivity contribution is -0.0500. The second-order valence-corrected chi connectivity index (χ2v) is 30.0. The maximum Gasteiger partial charge on any atom is 0.534 e. The molecular weight excluding hydrogens is 1620 g/mol. The highest BCUT2D eigenvalue weighted by atomic mass is 127. The Labute approximate surface area is 669 Å². The highest BCUT2D eigenvalue weighted by Crippen LogP contribution is 2.31. The highest BCUT2D eigenvalue weighted by molar-refractivity contribution is 14.1. The van der Waals surface area contributed by atoms with E-state index in [2.05, 4.69) is 192 Å². The molecule has 6 aromatic carbocycles.